The summed E-state index contributed by atoms with van der Waals surface area (Å²) in [6.45, 7) is 1.46. The number of carbonyl (C=O) groups excluding carboxylic acids is 4. The summed E-state index contributed by atoms with van der Waals surface area (Å²) in [5, 5.41) is 13.8. The van der Waals surface area contributed by atoms with E-state index >= 15 is 0 Å². The Balaban J connectivity index is 0.000000152. The van der Waals surface area contributed by atoms with Crippen LogP contribution in [0.25, 0.3) is 0 Å². The van der Waals surface area contributed by atoms with Crippen molar-refractivity contribution < 1.29 is 28.0 Å². The van der Waals surface area contributed by atoms with E-state index in [9.17, 15) is 19.2 Å². The SMILES string of the molecule is O=C(N[C@@H]1CCCC[C@@H]1C(=O)N1CC[C@@H]2[C@H](c3ccoc3)Nc3ccccc3[C@@H]21)c1ccccc1.O=C(N[C@@H]1CCCC[C@@H]1C(=O)N1CC[C@H]2[C@@H](c3ccoc3)Nc3ccccc3[C@H]21)c1ccccc1. The highest BCUT2D eigenvalue weighted by molar-refractivity contribution is 5.95. The van der Waals surface area contributed by atoms with Crippen LogP contribution in [0.2, 0.25) is 0 Å². The summed E-state index contributed by atoms with van der Waals surface area (Å²) in [4.78, 5) is 58.3. The molecule has 12 rings (SSSR count). The van der Waals surface area contributed by atoms with Gasteiger partial charge >= 0.3 is 0 Å². The molecule has 4 aliphatic heterocycles. The third-order valence-corrected chi connectivity index (χ3v) is 16.2. The molecule has 2 saturated heterocycles. The first-order valence-electron chi connectivity index (χ1n) is 25.5. The number of hydrogen-bond donors (Lipinski definition) is 4. The predicted octanol–water partition coefficient (Wildman–Crippen LogP) is 10.6. The molecule has 0 spiro atoms. The highest BCUT2D eigenvalue weighted by Gasteiger charge is 2.50. The summed E-state index contributed by atoms with van der Waals surface area (Å²) in [7, 11) is 0. The lowest BCUT2D eigenvalue weighted by Crippen LogP contribution is -2.50. The van der Waals surface area contributed by atoms with Gasteiger partial charge in [0.15, 0.2) is 0 Å². The summed E-state index contributed by atoms with van der Waals surface area (Å²) >= 11 is 0. The Bertz CT molecular complexity index is 2580. The number of fused-ring (bicyclic) bond motifs is 6. The van der Waals surface area contributed by atoms with Gasteiger partial charge in [0.1, 0.15) is 0 Å². The minimum absolute atomic E-state index is 0.0206. The summed E-state index contributed by atoms with van der Waals surface area (Å²) in [5.74, 6) is 0.328. The van der Waals surface area contributed by atoms with Crippen LogP contribution in [0.4, 0.5) is 11.4 Å². The quantitative estimate of drug-likeness (QED) is 0.118. The Hall–Kier alpha value is -7.08. The van der Waals surface area contributed by atoms with Gasteiger partial charge in [-0.05, 0) is 98.2 Å². The van der Waals surface area contributed by atoms with Crippen LogP contribution in [0, 0.1) is 23.7 Å². The minimum Gasteiger partial charge on any atom is -0.472 e. The lowest BCUT2D eigenvalue weighted by atomic mass is 9.79. The van der Waals surface area contributed by atoms with Gasteiger partial charge in [0.2, 0.25) is 11.8 Å². The molecule has 6 heterocycles. The molecule has 4 aromatic carbocycles. The number of para-hydroxylation sites is 2. The van der Waals surface area contributed by atoms with Crippen molar-refractivity contribution in [3.63, 3.8) is 0 Å². The molecule has 12 heteroatoms. The number of anilines is 2. The van der Waals surface area contributed by atoms with Crippen molar-refractivity contribution in [3.05, 3.63) is 180 Å². The number of rotatable bonds is 8. The Morgan fingerprint density at radius 2 is 0.871 bits per heavy atom. The largest absolute Gasteiger partial charge is 0.472 e. The maximum absolute atomic E-state index is 14.1. The van der Waals surface area contributed by atoms with Crippen LogP contribution in [-0.4, -0.2) is 58.6 Å². The standard InChI is InChI=1S/2C29H31N3O3/c2*33-28(19-8-2-1-3-9-19)31-25-13-7-5-11-22(25)29(34)32-16-14-23-26(20-15-17-35-18-20)30-24-12-6-4-10-21(24)27(23)32/h2*1-4,6,8-10,12,15,17-18,22-23,25-27,30H,5,7,11,13-14,16H2,(H,31,33)/t22-,23+,25+,26-,27-;22-,23-,25+,26+,27+/m00/s1. The molecule has 0 radical (unpaired) electrons. The van der Waals surface area contributed by atoms with Crippen molar-refractivity contribution >= 4 is 35.0 Å². The van der Waals surface area contributed by atoms with Gasteiger partial charge in [-0.25, -0.2) is 0 Å². The molecule has 4 N–H and O–H groups in total. The van der Waals surface area contributed by atoms with E-state index in [0.717, 1.165) is 99.8 Å². The number of nitrogens with zero attached hydrogens (tertiary/aromatic N) is 2. The lowest BCUT2D eigenvalue weighted by Gasteiger charge is -2.41. The van der Waals surface area contributed by atoms with Crippen LogP contribution in [0.3, 0.4) is 0 Å². The van der Waals surface area contributed by atoms with Crippen molar-refractivity contribution in [2.75, 3.05) is 23.7 Å². The fraction of sp³-hybridized carbons (Fsp3) is 0.379. The molecule has 0 unspecified atom stereocenters. The topological polar surface area (TPSA) is 149 Å². The van der Waals surface area contributed by atoms with Crippen LogP contribution in [0.1, 0.15) is 131 Å². The number of benzene rings is 4. The van der Waals surface area contributed by atoms with Gasteiger partial charge in [0, 0.05) is 70.6 Å². The molecule has 4 amide bonds. The number of carbonyl (C=O) groups is 4. The average Bonchev–Trinajstić information content (AvgIpc) is 4.28. The van der Waals surface area contributed by atoms with Gasteiger partial charge in [0.05, 0.1) is 61.1 Å². The summed E-state index contributed by atoms with van der Waals surface area (Å²) in [6, 6.07) is 39.3. The number of hydrogen-bond acceptors (Lipinski definition) is 8. The van der Waals surface area contributed by atoms with Crippen LogP contribution in [-0.2, 0) is 9.59 Å². The zero-order valence-electron chi connectivity index (χ0n) is 39.5. The van der Waals surface area contributed by atoms with Crippen molar-refractivity contribution in [2.45, 2.75) is 100 Å². The zero-order chi connectivity index (χ0) is 47.6. The Morgan fingerprint density at radius 3 is 1.29 bits per heavy atom. The van der Waals surface area contributed by atoms with Crippen molar-refractivity contribution in [1.29, 1.82) is 0 Å². The van der Waals surface area contributed by atoms with Crippen LogP contribution in [0.5, 0.6) is 0 Å². The van der Waals surface area contributed by atoms with Crippen LogP contribution < -0.4 is 21.3 Å². The fourth-order valence-corrected chi connectivity index (χ4v) is 12.8. The van der Waals surface area contributed by atoms with E-state index in [1.54, 1.807) is 12.5 Å². The zero-order valence-corrected chi connectivity index (χ0v) is 39.5. The summed E-state index contributed by atoms with van der Waals surface area (Å²) in [5.41, 5.74) is 8.05. The molecule has 6 aliphatic rings. The highest BCUT2D eigenvalue weighted by Crippen LogP contribution is 2.53. The average molecular weight is 939 g/mol. The van der Waals surface area contributed by atoms with E-state index in [1.807, 2.05) is 97.5 Å². The molecule has 2 saturated carbocycles. The maximum atomic E-state index is 14.1. The molecular weight excluding hydrogens is 877 g/mol. The van der Waals surface area contributed by atoms with E-state index in [-0.39, 0.29) is 83.6 Å². The Kier molecular flexibility index (Phi) is 13.0. The molecule has 6 aromatic rings. The third-order valence-electron chi connectivity index (χ3n) is 16.2. The van der Waals surface area contributed by atoms with Gasteiger partial charge in [-0.15, -0.1) is 0 Å². The number of likely N-dealkylation sites (tertiary alicyclic amines) is 2. The normalized spacial score (nSPS) is 27.4. The first-order chi connectivity index (χ1) is 34.4. The van der Waals surface area contributed by atoms with E-state index < -0.39 is 0 Å². The predicted molar refractivity (Wildman–Crippen MR) is 267 cm³/mol. The van der Waals surface area contributed by atoms with Gasteiger partial charge in [-0.3, -0.25) is 19.2 Å². The van der Waals surface area contributed by atoms with E-state index in [0.29, 0.717) is 11.1 Å². The van der Waals surface area contributed by atoms with E-state index in [4.69, 9.17) is 8.83 Å². The Morgan fingerprint density at radius 1 is 0.471 bits per heavy atom. The lowest BCUT2D eigenvalue weighted by molar-refractivity contribution is -0.139. The van der Waals surface area contributed by atoms with Gasteiger partial charge in [-0.1, -0.05) is 98.5 Å². The number of furan rings is 2. The van der Waals surface area contributed by atoms with Gasteiger partial charge < -0.3 is 39.9 Å². The number of nitrogens with one attached hydrogen (secondary N) is 4. The first-order valence-corrected chi connectivity index (χ1v) is 25.5. The van der Waals surface area contributed by atoms with Crippen LogP contribution >= 0.6 is 0 Å². The molecule has 2 aliphatic carbocycles. The van der Waals surface area contributed by atoms with Gasteiger partial charge in [0.25, 0.3) is 11.8 Å². The van der Waals surface area contributed by atoms with Crippen molar-refractivity contribution in [3.8, 4) is 0 Å². The molecule has 10 atom stereocenters. The second-order valence-electron chi connectivity index (χ2n) is 20.1. The first kappa shape index (κ1) is 45.4. The maximum Gasteiger partial charge on any atom is 0.251 e. The monoisotopic (exact) mass is 938 g/mol. The molecular formula is C58H62N6O6. The van der Waals surface area contributed by atoms with Crippen molar-refractivity contribution in [1.82, 2.24) is 20.4 Å². The third kappa shape index (κ3) is 8.88. The minimum atomic E-state index is -0.190. The van der Waals surface area contributed by atoms with Crippen LogP contribution in [0.15, 0.2) is 155 Å². The molecule has 4 fully saturated rings. The smallest absolute Gasteiger partial charge is 0.251 e. The Labute approximate surface area is 409 Å². The van der Waals surface area contributed by atoms with Crippen molar-refractivity contribution in [2.24, 2.45) is 23.7 Å². The van der Waals surface area contributed by atoms with E-state index in [2.05, 4.69) is 67.5 Å². The van der Waals surface area contributed by atoms with E-state index in [1.165, 1.54) is 11.1 Å². The molecule has 12 nitrogen and oxygen atoms in total. The molecule has 70 heavy (non-hydrogen) atoms. The molecule has 0 bridgehead atoms. The summed E-state index contributed by atoms with van der Waals surface area (Å²) in [6.07, 6.45) is 16.3. The second kappa shape index (κ2) is 20.1. The molecule has 2 aromatic heterocycles. The highest BCUT2D eigenvalue weighted by atomic mass is 16.3. The molecule has 360 valence electrons. The summed E-state index contributed by atoms with van der Waals surface area (Å²) < 4.78 is 10.8. The number of amides is 4. The second-order valence-corrected chi connectivity index (χ2v) is 20.1. The fourth-order valence-electron chi connectivity index (χ4n) is 12.8. The van der Waals surface area contributed by atoms with Gasteiger partial charge in [-0.2, -0.15) is 0 Å².